The Hall–Kier alpha value is -2.25. The first-order valence-electron chi connectivity index (χ1n) is 5.31. The van der Waals surface area contributed by atoms with Crippen LogP contribution in [0.15, 0.2) is 53.7 Å². The minimum atomic E-state index is -3.82. The molecular weight excluding hydrogens is 266 g/mol. The average Bonchev–Trinajstić information content (AvgIpc) is 2.39. The Morgan fingerprint density at radius 2 is 2.00 bits per heavy atom. The third-order valence-electron chi connectivity index (χ3n) is 2.34. The molecule has 0 bridgehead atoms. The summed E-state index contributed by atoms with van der Waals surface area (Å²) in [5.41, 5.74) is 0.726. The third kappa shape index (κ3) is 3.36. The Bertz CT molecular complexity index is 699. The predicted molar refractivity (Wildman–Crippen MR) is 70.0 cm³/mol. The van der Waals surface area contributed by atoms with Gasteiger partial charge in [0.15, 0.2) is 0 Å². The maximum atomic E-state index is 11.9. The van der Waals surface area contributed by atoms with Gasteiger partial charge in [-0.1, -0.05) is 6.07 Å². The van der Waals surface area contributed by atoms with Gasteiger partial charge in [-0.2, -0.15) is 0 Å². The highest BCUT2D eigenvalue weighted by atomic mass is 32.2. The van der Waals surface area contributed by atoms with E-state index in [-0.39, 0.29) is 10.5 Å². The first-order chi connectivity index (χ1) is 8.97. The normalized spacial score (nSPS) is 11.0. The molecule has 1 amide bonds. The zero-order valence-corrected chi connectivity index (χ0v) is 10.6. The Balaban J connectivity index is 2.25. The third-order valence-corrected chi connectivity index (χ3v) is 3.26. The molecule has 1 heterocycles. The number of benzene rings is 1. The molecule has 0 fully saturated rings. The number of hydrogen-bond donors (Lipinski definition) is 2. The number of nitrogens with zero attached hydrogens (tertiary/aromatic N) is 1. The second-order valence-corrected chi connectivity index (χ2v) is 5.33. The number of carbonyl (C=O) groups excluding carboxylic acids is 1. The van der Waals surface area contributed by atoms with Crippen molar-refractivity contribution in [3.05, 3.63) is 54.4 Å². The Morgan fingerprint density at radius 1 is 1.21 bits per heavy atom. The number of sulfonamides is 1. The minimum Gasteiger partial charge on any atom is -0.321 e. The molecule has 3 N–H and O–H groups in total. The molecule has 2 rings (SSSR count). The highest BCUT2D eigenvalue weighted by Crippen LogP contribution is 2.12. The van der Waals surface area contributed by atoms with Gasteiger partial charge in [0.05, 0.1) is 16.8 Å². The van der Waals surface area contributed by atoms with E-state index in [0.717, 1.165) is 0 Å². The van der Waals surface area contributed by atoms with Crippen LogP contribution >= 0.6 is 0 Å². The molecule has 0 aliphatic carbocycles. The van der Waals surface area contributed by atoms with Gasteiger partial charge in [0, 0.05) is 11.8 Å². The lowest BCUT2D eigenvalue weighted by Gasteiger charge is -2.05. The summed E-state index contributed by atoms with van der Waals surface area (Å²) in [4.78, 5) is 15.7. The lowest BCUT2D eigenvalue weighted by molar-refractivity contribution is 0.102. The van der Waals surface area contributed by atoms with Gasteiger partial charge in [0.2, 0.25) is 10.0 Å². The molecular formula is C12H11N3O3S. The van der Waals surface area contributed by atoms with Crippen molar-refractivity contribution < 1.29 is 13.2 Å². The van der Waals surface area contributed by atoms with Gasteiger partial charge < -0.3 is 5.32 Å². The molecule has 0 saturated carbocycles. The largest absolute Gasteiger partial charge is 0.321 e. The number of nitrogens with one attached hydrogen (secondary N) is 1. The first kappa shape index (κ1) is 13.2. The van der Waals surface area contributed by atoms with Crippen LogP contribution in [0.2, 0.25) is 0 Å². The summed E-state index contributed by atoms with van der Waals surface area (Å²) in [5, 5.41) is 7.61. The predicted octanol–water partition coefficient (Wildman–Crippen LogP) is 0.981. The molecule has 0 atom stereocenters. The lowest BCUT2D eigenvalue weighted by atomic mass is 10.2. The van der Waals surface area contributed by atoms with Crippen molar-refractivity contribution in [1.82, 2.24) is 4.98 Å². The van der Waals surface area contributed by atoms with Crippen LogP contribution in [-0.4, -0.2) is 19.3 Å². The van der Waals surface area contributed by atoms with Crippen molar-refractivity contribution in [1.29, 1.82) is 0 Å². The summed E-state index contributed by atoms with van der Waals surface area (Å²) in [7, 11) is -3.82. The summed E-state index contributed by atoms with van der Waals surface area (Å²) in [6, 6.07) is 8.86. The van der Waals surface area contributed by atoms with Crippen LogP contribution in [0, 0.1) is 0 Å². The fourth-order valence-corrected chi connectivity index (χ4v) is 2.01. The van der Waals surface area contributed by atoms with Crippen LogP contribution in [0.1, 0.15) is 10.4 Å². The van der Waals surface area contributed by atoms with Crippen LogP contribution in [0.4, 0.5) is 5.69 Å². The summed E-state index contributed by atoms with van der Waals surface area (Å²) in [5.74, 6) is -0.432. The number of carbonyl (C=O) groups is 1. The number of aromatic nitrogens is 1. The number of nitrogens with two attached hydrogens (primary N) is 1. The van der Waals surface area contributed by atoms with Crippen molar-refractivity contribution in [2.45, 2.75) is 4.90 Å². The second kappa shape index (κ2) is 5.17. The van der Waals surface area contributed by atoms with E-state index < -0.39 is 15.9 Å². The van der Waals surface area contributed by atoms with E-state index in [4.69, 9.17) is 5.14 Å². The SMILES string of the molecule is NS(=O)(=O)c1cccc(C(=O)Nc2cccnc2)c1. The zero-order chi connectivity index (χ0) is 13.9. The van der Waals surface area contributed by atoms with Gasteiger partial charge in [-0.05, 0) is 30.3 Å². The fourth-order valence-electron chi connectivity index (χ4n) is 1.45. The molecule has 0 aliphatic rings. The van der Waals surface area contributed by atoms with Gasteiger partial charge in [-0.15, -0.1) is 0 Å². The van der Waals surface area contributed by atoms with E-state index in [2.05, 4.69) is 10.3 Å². The Kier molecular flexibility index (Phi) is 3.59. The smallest absolute Gasteiger partial charge is 0.255 e. The first-order valence-corrected chi connectivity index (χ1v) is 6.86. The molecule has 19 heavy (non-hydrogen) atoms. The lowest BCUT2D eigenvalue weighted by Crippen LogP contribution is -2.15. The number of pyridine rings is 1. The van der Waals surface area contributed by atoms with Gasteiger partial charge in [0.1, 0.15) is 0 Å². The molecule has 2 aromatic rings. The van der Waals surface area contributed by atoms with Crippen molar-refractivity contribution in [2.24, 2.45) is 5.14 Å². The van der Waals surface area contributed by atoms with E-state index in [1.165, 1.54) is 30.5 Å². The molecule has 98 valence electrons. The van der Waals surface area contributed by atoms with E-state index in [1.807, 2.05) is 0 Å². The summed E-state index contributed by atoms with van der Waals surface area (Å²) >= 11 is 0. The molecule has 6 nitrogen and oxygen atoms in total. The molecule has 0 saturated heterocycles. The van der Waals surface area contributed by atoms with Gasteiger partial charge in [-0.25, -0.2) is 13.6 Å². The topological polar surface area (TPSA) is 102 Å². The van der Waals surface area contributed by atoms with Gasteiger partial charge >= 0.3 is 0 Å². The highest BCUT2D eigenvalue weighted by Gasteiger charge is 2.12. The van der Waals surface area contributed by atoms with Crippen LogP contribution in [-0.2, 0) is 10.0 Å². The number of primary sulfonamides is 1. The molecule has 1 aromatic heterocycles. The maximum Gasteiger partial charge on any atom is 0.255 e. The van der Waals surface area contributed by atoms with Crippen molar-refractivity contribution in [2.75, 3.05) is 5.32 Å². The summed E-state index contributed by atoms with van der Waals surface area (Å²) in [6.07, 6.45) is 3.07. The van der Waals surface area contributed by atoms with Crippen molar-refractivity contribution in [3.63, 3.8) is 0 Å². The van der Waals surface area contributed by atoms with Crippen LogP contribution in [0.3, 0.4) is 0 Å². The maximum absolute atomic E-state index is 11.9. The van der Waals surface area contributed by atoms with Crippen LogP contribution in [0.5, 0.6) is 0 Å². The van der Waals surface area contributed by atoms with Crippen LogP contribution < -0.4 is 10.5 Å². The van der Waals surface area contributed by atoms with Crippen LogP contribution in [0.25, 0.3) is 0 Å². The number of hydrogen-bond acceptors (Lipinski definition) is 4. The second-order valence-electron chi connectivity index (χ2n) is 3.77. The van der Waals surface area contributed by atoms with E-state index in [0.29, 0.717) is 5.69 Å². The van der Waals surface area contributed by atoms with Gasteiger partial charge in [-0.3, -0.25) is 9.78 Å². The van der Waals surface area contributed by atoms with E-state index in [9.17, 15) is 13.2 Å². The molecule has 0 aliphatic heterocycles. The number of anilines is 1. The summed E-state index contributed by atoms with van der Waals surface area (Å²) < 4.78 is 22.4. The van der Waals surface area contributed by atoms with Gasteiger partial charge in [0.25, 0.3) is 5.91 Å². The quantitative estimate of drug-likeness (QED) is 0.873. The molecule has 7 heteroatoms. The molecule has 1 aromatic carbocycles. The monoisotopic (exact) mass is 277 g/mol. The van der Waals surface area contributed by atoms with Crippen molar-refractivity contribution in [3.8, 4) is 0 Å². The standard InChI is InChI=1S/C12H11N3O3S/c13-19(17,18)11-5-1-3-9(7-11)12(16)15-10-4-2-6-14-8-10/h1-8H,(H,15,16)(H2,13,17,18). The fraction of sp³-hybridized carbons (Fsp3) is 0. The highest BCUT2D eigenvalue weighted by molar-refractivity contribution is 7.89. The Morgan fingerprint density at radius 3 is 2.63 bits per heavy atom. The average molecular weight is 277 g/mol. The Labute approximate surface area is 110 Å². The molecule has 0 radical (unpaired) electrons. The molecule has 0 spiro atoms. The van der Waals surface area contributed by atoms with E-state index in [1.54, 1.807) is 18.3 Å². The van der Waals surface area contributed by atoms with Crippen molar-refractivity contribution >= 4 is 21.6 Å². The zero-order valence-electron chi connectivity index (χ0n) is 9.78. The molecule has 0 unspecified atom stereocenters. The van der Waals surface area contributed by atoms with E-state index >= 15 is 0 Å². The number of rotatable bonds is 3. The summed E-state index contributed by atoms with van der Waals surface area (Å²) in [6.45, 7) is 0. The number of amides is 1. The minimum absolute atomic E-state index is 0.105.